The molecule has 1 unspecified atom stereocenters. The van der Waals surface area contributed by atoms with E-state index < -0.39 is 0 Å². The highest BCUT2D eigenvalue weighted by molar-refractivity contribution is 9.10. The quantitative estimate of drug-likeness (QED) is 0.887. The first kappa shape index (κ1) is 10.8. The summed E-state index contributed by atoms with van der Waals surface area (Å²) in [6.45, 7) is 3.57. The molecular weight excluding hydrogens is 262 g/mol. The van der Waals surface area contributed by atoms with Crippen LogP contribution in [-0.2, 0) is 6.42 Å². The predicted octanol–water partition coefficient (Wildman–Crippen LogP) is 3.83. The summed E-state index contributed by atoms with van der Waals surface area (Å²) in [7, 11) is 0. The van der Waals surface area contributed by atoms with Gasteiger partial charge in [-0.1, -0.05) is 28.9 Å². The van der Waals surface area contributed by atoms with Gasteiger partial charge in [-0.2, -0.15) is 0 Å². The van der Waals surface area contributed by atoms with Gasteiger partial charge in [-0.25, -0.2) is 0 Å². The molecule has 1 nitrogen and oxygen atoms in total. The molecule has 0 amide bonds. The molecule has 1 saturated carbocycles. The molecule has 2 aliphatic carbocycles. The van der Waals surface area contributed by atoms with Gasteiger partial charge in [0.25, 0.3) is 0 Å². The molecule has 0 bridgehead atoms. The Hall–Kier alpha value is -0.340. The zero-order valence-corrected chi connectivity index (χ0v) is 11.3. The highest BCUT2D eigenvalue weighted by Gasteiger charge is 2.37. The first-order valence-corrected chi connectivity index (χ1v) is 6.97. The van der Waals surface area contributed by atoms with Crippen molar-refractivity contribution in [1.82, 2.24) is 5.32 Å². The maximum Gasteiger partial charge on any atom is 0.0326 e. The Bertz CT molecular complexity index is 409. The van der Waals surface area contributed by atoms with Gasteiger partial charge in [0.15, 0.2) is 0 Å². The van der Waals surface area contributed by atoms with E-state index in [4.69, 9.17) is 0 Å². The van der Waals surface area contributed by atoms with Crippen LogP contribution in [0.3, 0.4) is 0 Å². The molecule has 0 heterocycles. The number of nitrogens with one attached hydrogen (secondary N) is 1. The lowest BCUT2D eigenvalue weighted by Crippen LogP contribution is -2.25. The number of benzene rings is 1. The minimum absolute atomic E-state index is 0.598. The molecule has 0 aliphatic heterocycles. The minimum Gasteiger partial charge on any atom is -0.309 e. The molecule has 0 saturated heterocycles. The number of rotatable bonds is 3. The largest absolute Gasteiger partial charge is 0.309 e. The average Bonchev–Trinajstić information content (AvgIpc) is 2.87. The van der Waals surface area contributed by atoms with Crippen LogP contribution in [0.4, 0.5) is 0 Å². The Kier molecular flexibility index (Phi) is 2.60. The second-order valence-electron chi connectivity index (χ2n) is 5.63. The van der Waals surface area contributed by atoms with Crippen molar-refractivity contribution >= 4 is 15.9 Å². The van der Waals surface area contributed by atoms with Crippen LogP contribution in [0.15, 0.2) is 22.7 Å². The van der Waals surface area contributed by atoms with Gasteiger partial charge in [-0.15, -0.1) is 0 Å². The Balaban J connectivity index is 1.71. The van der Waals surface area contributed by atoms with E-state index >= 15 is 0 Å². The van der Waals surface area contributed by atoms with E-state index in [0.717, 1.165) is 0 Å². The highest BCUT2D eigenvalue weighted by Crippen LogP contribution is 2.45. The fourth-order valence-corrected chi connectivity index (χ4v) is 2.97. The molecule has 86 valence electrons. The van der Waals surface area contributed by atoms with E-state index in [1.807, 2.05) is 0 Å². The Morgan fingerprint density at radius 2 is 2.25 bits per heavy atom. The van der Waals surface area contributed by atoms with Gasteiger partial charge < -0.3 is 5.32 Å². The predicted molar refractivity (Wildman–Crippen MR) is 70.5 cm³/mol. The monoisotopic (exact) mass is 279 g/mol. The Morgan fingerprint density at radius 1 is 1.44 bits per heavy atom. The summed E-state index contributed by atoms with van der Waals surface area (Å²) in [6.07, 6.45) is 5.30. The molecular formula is C14H18BrN. The number of aryl methyl sites for hydroxylation is 1. The summed E-state index contributed by atoms with van der Waals surface area (Å²) < 4.78 is 1.21. The number of halogens is 1. The second-order valence-corrected chi connectivity index (χ2v) is 6.54. The fraction of sp³-hybridized carbons (Fsp3) is 0.571. The van der Waals surface area contributed by atoms with Crippen molar-refractivity contribution in [3.63, 3.8) is 0 Å². The molecule has 1 fully saturated rings. The van der Waals surface area contributed by atoms with Gasteiger partial charge in [-0.3, -0.25) is 0 Å². The molecule has 0 aromatic heterocycles. The first-order chi connectivity index (χ1) is 7.66. The maximum atomic E-state index is 3.74. The standard InChI is InChI=1S/C14H18BrN/c1-14(6-7-14)9-16-13-5-2-10-8-11(15)3-4-12(10)13/h3-4,8,13,16H,2,5-7,9H2,1H3. The zero-order valence-electron chi connectivity index (χ0n) is 9.72. The molecule has 16 heavy (non-hydrogen) atoms. The second kappa shape index (κ2) is 3.85. The lowest BCUT2D eigenvalue weighted by atomic mass is 10.1. The van der Waals surface area contributed by atoms with Gasteiger partial charge in [0.1, 0.15) is 0 Å². The minimum atomic E-state index is 0.598. The normalized spacial score (nSPS) is 25.5. The van der Waals surface area contributed by atoms with Crippen LogP contribution in [-0.4, -0.2) is 6.54 Å². The van der Waals surface area contributed by atoms with Gasteiger partial charge in [0.2, 0.25) is 0 Å². The summed E-state index contributed by atoms with van der Waals surface area (Å²) in [5, 5.41) is 3.74. The van der Waals surface area contributed by atoms with Crippen LogP contribution < -0.4 is 5.32 Å². The Morgan fingerprint density at radius 3 is 3.00 bits per heavy atom. The van der Waals surface area contributed by atoms with Crippen LogP contribution in [0.25, 0.3) is 0 Å². The van der Waals surface area contributed by atoms with Crippen LogP contribution in [0.5, 0.6) is 0 Å². The van der Waals surface area contributed by atoms with Crippen LogP contribution in [0, 0.1) is 5.41 Å². The number of hydrogen-bond acceptors (Lipinski definition) is 1. The van der Waals surface area contributed by atoms with E-state index in [1.165, 1.54) is 47.8 Å². The fourth-order valence-electron chi connectivity index (χ4n) is 2.56. The average molecular weight is 280 g/mol. The third-order valence-electron chi connectivity index (χ3n) is 4.06. The van der Waals surface area contributed by atoms with Gasteiger partial charge in [0.05, 0.1) is 0 Å². The Labute approximate surface area is 106 Å². The van der Waals surface area contributed by atoms with Crippen molar-refractivity contribution < 1.29 is 0 Å². The van der Waals surface area contributed by atoms with Crippen molar-refractivity contribution in [3.8, 4) is 0 Å². The lowest BCUT2D eigenvalue weighted by Gasteiger charge is -2.17. The lowest BCUT2D eigenvalue weighted by molar-refractivity contribution is 0.439. The molecule has 0 radical (unpaired) electrons. The summed E-state index contributed by atoms with van der Waals surface area (Å²) >= 11 is 3.55. The molecule has 1 aromatic carbocycles. The molecule has 1 N–H and O–H groups in total. The number of hydrogen-bond donors (Lipinski definition) is 1. The van der Waals surface area contributed by atoms with E-state index in [-0.39, 0.29) is 0 Å². The van der Waals surface area contributed by atoms with E-state index in [2.05, 4.69) is 46.4 Å². The van der Waals surface area contributed by atoms with Gasteiger partial charge in [0, 0.05) is 17.1 Å². The smallest absolute Gasteiger partial charge is 0.0326 e. The van der Waals surface area contributed by atoms with Gasteiger partial charge in [-0.05, 0) is 54.4 Å². The van der Waals surface area contributed by atoms with Crippen LogP contribution in [0.2, 0.25) is 0 Å². The van der Waals surface area contributed by atoms with Crippen LogP contribution in [0.1, 0.15) is 43.4 Å². The molecule has 3 rings (SSSR count). The highest BCUT2D eigenvalue weighted by atomic mass is 79.9. The molecule has 2 heteroatoms. The maximum absolute atomic E-state index is 3.74. The van der Waals surface area contributed by atoms with Crippen molar-refractivity contribution in [2.45, 2.75) is 38.6 Å². The van der Waals surface area contributed by atoms with Crippen molar-refractivity contribution in [2.24, 2.45) is 5.41 Å². The van der Waals surface area contributed by atoms with E-state index in [9.17, 15) is 0 Å². The molecule has 1 atom stereocenters. The van der Waals surface area contributed by atoms with Gasteiger partial charge >= 0.3 is 0 Å². The SMILES string of the molecule is CC1(CNC2CCc3cc(Br)ccc32)CC1. The van der Waals surface area contributed by atoms with E-state index in [1.54, 1.807) is 0 Å². The summed E-state index contributed by atoms with van der Waals surface area (Å²) in [5.74, 6) is 0. The number of fused-ring (bicyclic) bond motifs is 1. The van der Waals surface area contributed by atoms with E-state index in [0.29, 0.717) is 11.5 Å². The first-order valence-electron chi connectivity index (χ1n) is 6.18. The zero-order chi connectivity index (χ0) is 11.2. The molecule has 2 aliphatic rings. The molecule has 0 spiro atoms. The molecule has 1 aromatic rings. The summed E-state index contributed by atoms with van der Waals surface area (Å²) in [5.41, 5.74) is 3.65. The van der Waals surface area contributed by atoms with Crippen molar-refractivity contribution in [1.29, 1.82) is 0 Å². The summed E-state index contributed by atoms with van der Waals surface area (Å²) in [6, 6.07) is 7.31. The third kappa shape index (κ3) is 2.05. The topological polar surface area (TPSA) is 12.0 Å². The summed E-state index contributed by atoms with van der Waals surface area (Å²) in [4.78, 5) is 0. The van der Waals surface area contributed by atoms with Crippen molar-refractivity contribution in [2.75, 3.05) is 6.54 Å². The van der Waals surface area contributed by atoms with Crippen molar-refractivity contribution in [3.05, 3.63) is 33.8 Å². The van der Waals surface area contributed by atoms with Crippen LogP contribution >= 0.6 is 15.9 Å². The third-order valence-corrected chi connectivity index (χ3v) is 4.55.